The number of ether oxygens (including phenoxy) is 2. The minimum atomic E-state index is -4.75. The first-order chi connectivity index (χ1) is 17.4. The third-order valence-corrected chi connectivity index (χ3v) is 7.99. The van der Waals surface area contributed by atoms with E-state index in [0.29, 0.717) is 29.3 Å². The molecule has 1 spiro atoms. The topological polar surface area (TPSA) is 72.2 Å². The van der Waals surface area contributed by atoms with E-state index in [1.54, 1.807) is 16.8 Å². The van der Waals surface area contributed by atoms with Crippen LogP contribution in [0.4, 0.5) is 23.1 Å². The lowest BCUT2D eigenvalue weighted by Crippen LogP contribution is -2.49. The summed E-state index contributed by atoms with van der Waals surface area (Å²) in [4.78, 5) is 21.6. The fourth-order valence-electron chi connectivity index (χ4n) is 5.02. The van der Waals surface area contributed by atoms with Crippen LogP contribution >= 0.6 is 11.3 Å². The summed E-state index contributed by atoms with van der Waals surface area (Å²) in [6.45, 7) is 8.76. The van der Waals surface area contributed by atoms with Crippen LogP contribution < -0.4 is 9.64 Å². The number of hydrogen-bond acceptors (Lipinski definition) is 7. The number of likely N-dealkylation sites (tertiary alicyclic amines) is 1. The van der Waals surface area contributed by atoms with E-state index in [1.165, 1.54) is 29.5 Å². The Morgan fingerprint density at radius 1 is 1.05 bits per heavy atom. The maximum atomic E-state index is 12.6. The Morgan fingerprint density at radius 3 is 2.38 bits per heavy atom. The van der Waals surface area contributed by atoms with Gasteiger partial charge in [-0.3, -0.25) is 0 Å². The molecule has 2 aliphatic heterocycles. The van der Waals surface area contributed by atoms with Gasteiger partial charge in [-0.05, 0) is 64.0 Å². The molecule has 2 saturated heterocycles. The first kappa shape index (κ1) is 25.6. The molecule has 0 saturated carbocycles. The van der Waals surface area contributed by atoms with E-state index >= 15 is 0 Å². The number of hydrogen-bond donors (Lipinski definition) is 0. The molecule has 2 aliphatic rings. The van der Waals surface area contributed by atoms with Gasteiger partial charge < -0.3 is 19.3 Å². The molecule has 5 rings (SSSR count). The van der Waals surface area contributed by atoms with E-state index in [1.807, 2.05) is 25.7 Å². The molecular formula is C25H30F3N5O3S. The molecule has 0 N–H and O–H groups in total. The lowest BCUT2D eigenvalue weighted by Gasteiger charge is -2.46. The number of fused-ring (bicyclic) bond motifs is 1. The van der Waals surface area contributed by atoms with Gasteiger partial charge in [-0.15, -0.1) is 18.3 Å². The van der Waals surface area contributed by atoms with Gasteiger partial charge in [-0.1, -0.05) is 23.5 Å². The van der Waals surface area contributed by atoms with Crippen molar-refractivity contribution in [2.45, 2.75) is 58.4 Å². The van der Waals surface area contributed by atoms with Gasteiger partial charge in [0.1, 0.15) is 11.4 Å². The second kappa shape index (κ2) is 9.38. The van der Waals surface area contributed by atoms with Crippen LogP contribution in [0.25, 0.3) is 16.2 Å². The fraction of sp³-hybridized carbons (Fsp3) is 0.560. The van der Waals surface area contributed by atoms with Gasteiger partial charge in [0.15, 0.2) is 0 Å². The summed E-state index contributed by atoms with van der Waals surface area (Å²) in [7, 11) is 0. The molecule has 0 aliphatic carbocycles. The van der Waals surface area contributed by atoms with E-state index in [2.05, 4.69) is 14.6 Å². The van der Waals surface area contributed by atoms with Crippen molar-refractivity contribution < 1.29 is 27.4 Å². The minimum Gasteiger partial charge on any atom is -0.444 e. The van der Waals surface area contributed by atoms with Crippen molar-refractivity contribution in [3.8, 4) is 17.0 Å². The van der Waals surface area contributed by atoms with Gasteiger partial charge in [0.25, 0.3) is 0 Å². The van der Waals surface area contributed by atoms with Gasteiger partial charge in [0, 0.05) is 31.7 Å². The van der Waals surface area contributed by atoms with Crippen LogP contribution in [-0.4, -0.2) is 63.7 Å². The zero-order valence-electron chi connectivity index (χ0n) is 21.0. The Labute approximate surface area is 217 Å². The maximum Gasteiger partial charge on any atom is 0.573 e. The Bertz CT molecular complexity index is 1260. The van der Waals surface area contributed by atoms with E-state index < -0.39 is 12.0 Å². The van der Waals surface area contributed by atoms with Crippen molar-refractivity contribution in [1.82, 2.24) is 19.5 Å². The van der Waals surface area contributed by atoms with Crippen molar-refractivity contribution in [2.75, 3.05) is 31.1 Å². The summed E-state index contributed by atoms with van der Waals surface area (Å²) < 4.78 is 49.2. The summed E-state index contributed by atoms with van der Waals surface area (Å²) >= 11 is 1.46. The highest BCUT2D eigenvalue weighted by Gasteiger charge is 2.40. The molecule has 0 bridgehead atoms. The smallest absolute Gasteiger partial charge is 0.444 e. The Kier molecular flexibility index (Phi) is 6.49. The van der Waals surface area contributed by atoms with Crippen molar-refractivity contribution in [1.29, 1.82) is 0 Å². The Hall–Kier alpha value is -3.02. The molecule has 0 atom stereocenters. The number of rotatable bonds is 3. The standard InChI is InChI=1S/C25H30F3N5O3S/c1-23(2,3)36-22(34)32-13-9-24(10-14-32)7-11-31(12-8-24)21-30-33-19(16-29-20(33)37-21)17-5-4-6-18(15-17)35-25(26,27)28/h4-6,15-16H,7-14H2,1-3H3. The lowest BCUT2D eigenvalue weighted by atomic mass is 9.71. The third kappa shape index (κ3) is 5.78. The van der Waals surface area contributed by atoms with Crippen LogP contribution in [0, 0.1) is 5.41 Å². The fourth-order valence-corrected chi connectivity index (χ4v) is 5.95. The highest BCUT2D eigenvalue weighted by molar-refractivity contribution is 7.20. The summed E-state index contributed by atoms with van der Waals surface area (Å²) in [6.07, 6.45) is 0.568. The van der Waals surface area contributed by atoms with Crippen molar-refractivity contribution in [3.63, 3.8) is 0 Å². The first-order valence-electron chi connectivity index (χ1n) is 12.3. The maximum absolute atomic E-state index is 12.6. The van der Waals surface area contributed by atoms with Gasteiger partial charge in [0.05, 0.1) is 11.9 Å². The van der Waals surface area contributed by atoms with Gasteiger partial charge >= 0.3 is 12.5 Å². The summed E-state index contributed by atoms with van der Waals surface area (Å²) in [5.41, 5.74) is 0.870. The summed E-state index contributed by atoms with van der Waals surface area (Å²) in [5.74, 6) is -0.283. The number of carbonyl (C=O) groups excluding carboxylic acids is 1. The quantitative estimate of drug-likeness (QED) is 0.410. The molecule has 12 heteroatoms. The molecule has 3 aromatic rings. The molecule has 8 nitrogen and oxygen atoms in total. The zero-order valence-corrected chi connectivity index (χ0v) is 21.9. The van der Waals surface area contributed by atoms with Gasteiger partial charge in [-0.25, -0.2) is 14.3 Å². The molecule has 4 heterocycles. The second-order valence-electron chi connectivity index (χ2n) is 10.8. The molecular weight excluding hydrogens is 507 g/mol. The Morgan fingerprint density at radius 2 is 1.73 bits per heavy atom. The molecule has 37 heavy (non-hydrogen) atoms. The van der Waals surface area contributed by atoms with Gasteiger partial charge in [-0.2, -0.15) is 0 Å². The molecule has 0 unspecified atom stereocenters. The number of imidazole rings is 1. The number of anilines is 1. The molecule has 1 amide bonds. The number of nitrogens with zero attached hydrogens (tertiary/aromatic N) is 5. The number of amides is 1. The van der Waals surface area contributed by atoms with Crippen LogP contribution in [0.5, 0.6) is 5.75 Å². The van der Waals surface area contributed by atoms with Crippen LogP contribution in [0.2, 0.25) is 0 Å². The third-order valence-electron chi connectivity index (χ3n) is 7.01. The van der Waals surface area contributed by atoms with E-state index in [9.17, 15) is 18.0 Å². The molecule has 2 aromatic heterocycles. The number of alkyl halides is 3. The summed E-state index contributed by atoms with van der Waals surface area (Å²) in [5, 5.41) is 5.59. The van der Waals surface area contributed by atoms with Crippen LogP contribution in [0.15, 0.2) is 30.5 Å². The van der Waals surface area contributed by atoms with Crippen molar-refractivity contribution >= 4 is 27.5 Å². The molecule has 1 aromatic carbocycles. The van der Waals surface area contributed by atoms with E-state index in [4.69, 9.17) is 9.84 Å². The first-order valence-corrected chi connectivity index (χ1v) is 13.2. The van der Waals surface area contributed by atoms with E-state index in [-0.39, 0.29) is 17.3 Å². The van der Waals surface area contributed by atoms with Crippen LogP contribution in [0.1, 0.15) is 46.5 Å². The van der Waals surface area contributed by atoms with Crippen molar-refractivity contribution in [2.24, 2.45) is 5.41 Å². The average Bonchev–Trinajstić information content (AvgIpc) is 3.39. The number of piperidine rings is 2. The SMILES string of the molecule is CC(C)(C)OC(=O)N1CCC2(CC1)CCN(c1nn3c(-c4cccc(OC(F)(F)F)c4)cnc3s1)CC2. The normalized spacial score (nSPS) is 18.4. The van der Waals surface area contributed by atoms with E-state index in [0.717, 1.165) is 43.9 Å². The van der Waals surface area contributed by atoms with Crippen LogP contribution in [-0.2, 0) is 4.74 Å². The molecule has 2 fully saturated rings. The monoisotopic (exact) mass is 537 g/mol. The number of benzene rings is 1. The highest BCUT2D eigenvalue weighted by atomic mass is 32.1. The second-order valence-corrected chi connectivity index (χ2v) is 11.7. The number of halogens is 3. The predicted octanol–water partition coefficient (Wildman–Crippen LogP) is 5.97. The van der Waals surface area contributed by atoms with Crippen molar-refractivity contribution in [3.05, 3.63) is 30.5 Å². The lowest BCUT2D eigenvalue weighted by molar-refractivity contribution is -0.274. The number of carbonyl (C=O) groups is 1. The average molecular weight is 538 g/mol. The predicted molar refractivity (Wildman–Crippen MR) is 134 cm³/mol. The zero-order chi connectivity index (χ0) is 26.4. The number of aromatic nitrogens is 3. The molecule has 0 radical (unpaired) electrons. The Balaban J connectivity index is 1.23. The largest absolute Gasteiger partial charge is 0.573 e. The minimum absolute atomic E-state index is 0.219. The van der Waals surface area contributed by atoms with Crippen LogP contribution in [0.3, 0.4) is 0 Å². The highest BCUT2D eigenvalue weighted by Crippen LogP contribution is 2.43. The molecule has 200 valence electrons. The van der Waals surface area contributed by atoms with Gasteiger partial charge in [0.2, 0.25) is 10.1 Å². The summed E-state index contributed by atoms with van der Waals surface area (Å²) in [6, 6.07) is 5.83.